The molecule has 0 radical (unpaired) electrons. The Morgan fingerprint density at radius 1 is 1.14 bits per heavy atom. The quantitative estimate of drug-likeness (QED) is 0.489. The summed E-state index contributed by atoms with van der Waals surface area (Å²) >= 11 is 0. The van der Waals surface area contributed by atoms with Gasteiger partial charge in [0.25, 0.3) is 5.56 Å². The Balaban J connectivity index is 1.71. The highest BCUT2D eigenvalue weighted by atomic mass is 16.5. The predicted octanol–water partition coefficient (Wildman–Crippen LogP) is 3.80. The Kier molecular flexibility index (Phi) is 8.21. The van der Waals surface area contributed by atoms with E-state index in [4.69, 9.17) is 9.72 Å². The van der Waals surface area contributed by atoms with Crippen LogP contribution in [-0.4, -0.2) is 53.2 Å². The van der Waals surface area contributed by atoms with E-state index in [9.17, 15) is 4.79 Å². The minimum Gasteiger partial charge on any atom is -0.484 e. The van der Waals surface area contributed by atoms with Crippen molar-refractivity contribution in [1.82, 2.24) is 25.1 Å². The van der Waals surface area contributed by atoms with E-state index in [2.05, 4.69) is 48.4 Å². The zero-order chi connectivity index (χ0) is 24.9. The molecule has 35 heavy (non-hydrogen) atoms. The summed E-state index contributed by atoms with van der Waals surface area (Å²) in [5.74, 6) is 1.54. The fourth-order valence-corrected chi connectivity index (χ4v) is 5.26. The van der Waals surface area contributed by atoms with Crippen LogP contribution in [0.4, 0.5) is 0 Å². The minimum absolute atomic E-state index is 0.0104. The van der Waals surface area contributed by atoms with Crippen molar-refractivity contribution in [2.75, 3.05) is 26.7 Å². The van der Waals surface area contributed by atoms with Crippen LogP contribution in [0, 0.1) is 0 Å². The molecule has 2 heterocycles. The van der Waals surface area contributed by atoms with Crippen molar-refractivity contribution in [2.45, 2.75) is 57.8 Å². The standard InChI is InChI=1S/C28H39N5O2/c1-6-10-25(33-17-19(2)30-20(3)18-33)27-31-24-15-22(13-14-23(24)28(34)32(27)5)35-26(16-29-4)21-11-8-7-9-12-21/h7-9,11-15,19-20,25-26,29-30H,6,10,16-18H2,1-5H3/t19-,20+,25-,26-/m0/s1. The molecule has 0 aliphatic carbocycles. The molecular formula is C28H39N5O2. The SMILES string of the molecule is CCC[C@@H](c1nc2cc(O[C@@H](CNC)c3ccccc3)ccc2c(=O)n1C)N1C[C@@H](C)N[C@@H](C)C1. The second-order valence-corrected chi connectivity index (χ2v) is 9.82. The van der Waals surface area contributed by atoms with Gasteiger partial charge in [-0.1, -0.05) is 43.7 Å². The van der Waals surface area contributed by atoms with Gasteiger partial charge in [-0.2, -0.15) is 0 Å². The molecule has 7 nitrogen and oxygen atoms in total. The summed E-state index contributed by atoms with van der Waals surface area (Å²) in [5.41, 5.74) is 1.78. The van der Waals surface area contributed by atoms with Crippen molar-refractivity contribution in [1.29, 1.82) is 0 Å². The third kappa shape index (κ3) is 5.74. The van der Waals surface area contributed by atoms with E-state index in [1.807, 2.05) is 50.5 Å². The lowest BCUT2D eigenvalue weighted by Gasteiger charge is -2.41. The lowest BCUT2D eigenvalue weighted by atomic mass is 10.0. The Labute approximate surface area is 208 Å². The Bertz CT molecular complexity index is 1170. The second-order valence-electron chi connectivity index (χ2n) is 9.82. The van der Waals surface area contributed by atoms with E-state index >= 15 is 0 Å². The third-order valence-corrected chi connectivity index (χ3v) is 6.81. The first kappa shape index (κ1) is 25.4. The van der Waals surface area contributed by atoms with Crippen LogP contribution in [0.2, 0.25) is 0 Å². The molecule has 0 unspecified atom stereocenters. The van der Waals surface area contributed by atoms with Crippen LogP contribution < -0.4 is 20.9 Å². The lowest BCUT2D eigenvalue weighted by molar-refractivity contribution is 0.109. The zero-order valence-electron chi connectivity index (χ0n) is 21.6. The van der Waals surface area contributed by atoms with Gasteiger partial charge in [0.1, 0.15) is 17.7 Å². The second kappa shape index (κ2) is 11.3. The van der Waals surface area contributed by atoms with Gasteiger partial charge >= 0.3 is 0 Å². The summed E-state index contributed by atoms with van der Waals surface area (Å²) in [6.07, 6.45) is 1.85. The molecule has 188 valence electrons. The van der Waals surface area contributed by atoms with Crippen LogP contribution in [-0.2, 0) is 7.05 Å². The molecular weight excluding hydrogens is 438 g/mol. The molecule has 1 aliphatic heterocycles. The van der Waals surface area contributed by atoms with Crippen LogP contribution in [0.25, 0.3) is 10.9 Å². The van der Waals surface area contributed by atoms with E-state index in [1.165, 1.54) is 0 Å². The largest absolute Gasteiger partial charge is 0.484 e. The third-order valence-electron chi connectivity index (χ3n) is 6.81. The summed E-state index contributed by atoms with van der Waals surface area (Å²) in [4.78, 5) is 20.9. The summed E-state index contributed by atoms with van der Waals surface area (Å²) in [5, 5.41) is 7.44. The smallest absolute Gasteiger partial charge is 0.261 e. The number of ether oxygens (including phenoxy) is 1. The number of nitrogens with zero attached hydrogens (tertiary/aromatic N) is 3. The molecule has 0 amide bonds. The molecule has 2 aromatic carbocycles. The minimum atomic E-state index is -0.138. The molecule has 2 N–H and O–H groups in total. The van der Waals surface area contributed by atoms with Gasteiger partial charge in [0.15, 0.2) is 0 Å². The molecule has 4 rings (SSSR count). The normalized spacial score (nSPS) is 20.6. The van der Waals surface area contributed by atoms with Gasteiger partial charge in [-0.15, -0.1) is 0 Å². The van der Waals surface area contributed by atoms with E-state index < -0.39 is 0 Å². The van der Waals surface area contributed by atoms with Crippen LogP contribution in [0.15, 0.2) is 53.3 Å². The number of fused-ring (bicyclic) bond motifs is 1. The monoisotopic (exact) mass is 477 g/mol. The van der Waals surface area contributed by atoms with Gasteiger partial charge in [0, 0.05) is 44.8 Å². The highest BCUT2D eigenvalue weighted by molar-refractivity contribution is 5.79. The number of piperazine rings is 1. The van der Waals surface area contributed by atoms with Crippen molar-refractivity contribution < 1.29 is 4.74 Å². The topological polar surface area (TPSA) is 71.4 Å². The predicted molar refractivity (Wildman–Crippen MR) is 142 cm³/mol. The number of aromatic nitrogens is 2. The molecule has 0 bridgehead atoms. The molecule has 1 aliphatic rings. The molecule has 3 aromatic rings. The van der Waals surface area contributed by atoms with Gasteiger partial charge in [-0.3, -0.25) is 14.3 Å². The highest BCUT2D eigenvalue weighted by Crippen LogP contribution is 2.29. The summed E-state index contributed by atoms with van der Waals surface area (Å²) in [6.45, 7) is 9.18. The number of hydrogen-bond donors (Lipinski definition) is 2. The van der Waals surface area contributed by atoms with Crippen LogP contribution in [0.3, 0.4) is 0 Å². The first-order valence-corrected chi connectivity index (χ1v) is 12.8. The molecule has 1 aromatic heterocycles. The van der Waals surface area contributed by atoms with Crippen LogP contribution in [0.1, 0.15) is 57.1 Å². The fourth-order valence-electron chi connectivity index (χ4n) is 5.26. The number of rotatable bonds is 9. The van der Waals surface area contributed by atoms with E-state index in [1.54, 1.807) is 4.57 Å². The molecule has 1 fully saturated rings. The van der Waals surface area contributed by atoms with Crippen LogP contribution in [0.5, 0.6) is 5.75 Å². The highest BCUT2D eigenvalue weighted by Gasteiger charge is 2.30. The van der Waals surface area contributed by atoms with E-state index in [0.29, 0.717) is 35.3 Å². The summed E-state index contributed by atoms with van der Waals surface area (Å²) < 4.78 is 8.13. The number of nitrogens with one attached hydrogen (secondary N) is 2. The zero-order valence-corrected chi connectivity index (χ0v) is 21.6. The maximum Gasteiger partial charge on any atom is 0.261 e. The van der Waals surface area contributed by atoms with E-state index in [-0.39, 0.29) is 17.7 Å². The molecule has 4 atom stereocenters. The Hall–Kier alpha value is -2.74. The first-order chi connectivity index (χ1) is 16.9. The molecule has 1 saturated heterocycles. The first-order valence-electron chi connectivity index (χ1n) is 12.8. The Morgan fingerprint density at radius 2 is 1.86 bits per heavy atom. The molecule has 7 heteroatoms. The van der Waals surface area contributed by atoms with Gasteiger partial charge < -0.3 is 15.4 Å². The van der Waals surface area contributed by atoms with Gasteiger partial charge in [-0.05, 0) is 45.0 Å². The summed E-state index contributed by atoms with van der Waals surface area (Å²) in [7, 11) is 3.77. The average molecular weight is 478 g/mol. The Morgan fingerprint density at radius 3 is 2.51 bits per heavy atom. The number of benzene rings is 2. The number of hydrogen-bond acceptors (Lipinski definition) is 6. The number of likely N-dealkylation sites (N-methyl/N-ethyl adjacent to an activating group) is 1. The molecule has 0 spiro atoms. The van der Waals surface area contributed by atoms with E-state index in [0.717, 1.165) is 37.3 Å². The van der Waals surface area contributed by atoms with Gasteiger partial charge in [0.2, 0.25) is 0 Å². The van der Waals surface area contributed by atoms with Gasteiger partial charge in [-0.25, -0.2) is 4.98 Å². The summed E-state index contributed by atoms with van der Waals surface area (Å²) in [6, 6.07) is 16.7. The van der Waals surface area contributed by atoms with Crippen molar-refractivity contribution in [3.63, 3.8) is 0 Å². The van der Waals surface area contributed by atoms with Crippen molar-refractivity contribution in [3.8, 4) is 5.75 Å². The maximum absolute atomic E-state index is 13.4. The van der Waals surface area contributed by atoms with Crippen LogP contribution >= 0.6 is 0 Å². The lowest BCUT2D eigenvalue weighted by Crippen LogP contribution is -2.55. The maximum atomic E-state index is 13.4. The van der Waals surface area contributed by atoms with Gasteiger partial charge in [0.05, 0.1) is 16.9 Å². The molecule has 0 saturated carbocycles. The van der Waals surface area contributed by atoms with Crippen molar-refractivity contribution in [3.05, 3.63) is 70.3 Å². The fraction of sp³-hybridized carbons (Fsp3) is 0.500. The van der Waals surface area contributed by atoms with Crippen molar-refractivity contribution in [2.24, 2.45) is 7.05 Å². The van der Waals surface area contributed by atoms with Crippen molar-refractivity contribution >= 4 is 10.9 Å². The average Bonchev–Trinajstić information content (AvgIpc) is 2.84.